The number of carbonyl (C=O) groups excluding carboxylic acids is 1. The van der Waals surface area contributed by atoms with E-state index in [1.165, 1.54) is 0 Å². The number of hydrogen-bond donors (Lipinski definition) is 2. The fourth-order valence-electron chi connectivity index (χ4n) is 1.55. The van der Waals surface area contributed by atoms with Crippen LogP contribution in [0.1, 0.15) is 11.1 Å². The first-order valence-corrected chi connectivity index (χ1v) is 5.22. The molecule has 0 bridgehead atoms. The van der Waals surface area contributed by atoms with Crippen LogP contribution in [0.2, 0.25) is 0 Å². The highest BCUT2D eigenvalue weighted by atomic mass is 32.1. The van der Waals surface area contributed by atoms with E-state index in [9.17, 15) is 4.79 Å². The van der Waals surface area contributed by atoms with Gasteiger partial charge in [-0.2, -0.15) is 0 Å². The van der Waals surface area contributed by atoms with E-state index < -0.39 is 0 Å². The molecule has 1 N–H and O–H groups in total. The van der Waals surface area contributed by atoms with Crippen molar-refractivity contribution in [3.63, 3.8) is 0 Å². The van der Waals surface area contributed by atoms with Crippen LogP contribution in [0.5, 0.6) is 11.5 Å². The molecule has 0 unspecified atom stereocenters. The van der Waals surface area contributed by atoms with Gasteiger partial charge in [0.1, 0.15) is 11.5 Å². The minimum absolute atomic E-state index is 0.365. The fraction of sp³-hybridized carbons (Fsp3) is 0.364. The monoisotopic (exact) mass is 241 g/mol. The van der Waals surface area contributed by atoms with Gasteiger partial charge in [0.25, 0.3) is 5.24 Å². The molecule has 0 radical (unpaired) electrons. The number of ether oxygens (including phenoxy) is 2. The van der Waals surface area contributed by atoms with E-state index in [0.717, 1.165) is 22.6 Å². The third-order valence-electron chi connectivity index (χ3n) is 2.29. The molecule has 0 aliphatic carbocycles. The Morgan fingerprint density at radius 1 is 1.38 bits per heavy atom. The lowest BCUT2D eigenvalue weighted by molar-refractivity contribution is 0.260. The average molecular weight is 241 g/mol. The van der Waals surface area contributed by atoms with Crippen molar-refractivity contribution in [2.45, 2.75) is 13.5 Å². The fourth-order valence-corrected chi connectivity index (χ4v) is 1.62. The molecule has 1 aromatic rings. The van der Waals surface area contributed by atoms with Crippen LogP contribution >= 0.6 is 12.6 Å². The normalized spacial score (nSPS) is 9.75. The molecule has 16 heavy (non-hydrogen) atoms. The van der Waals surface area contributed by atoms with E-state index in [1.54, 1.807) is 14.2 Å². The van der Waals surface area contributed by atoms with E-state index >= 15 is 0 Å². The Bertz CT molecular complexity index is 393. The first-order valence-electron chi connectivity index (χ1n) is 4.77. The zero-order valence-corrected chi connectivity index (χ0v) is 10.4. The van der Waals surface area contributed by atoms with Crippen molar-refractivity contribution in [1.82, 2.24) is 5.32 Å². The summed E-state index contributed by atoms with van der Waals surface area (Å²) < 4.78 is 10.5. The predicted octanol–water partition coefficient (Wildman–Crippen LogP) is 2.15. The van der Waals surface area contributed by atoms with Crippen molar-refractivity contribution >= 4 is 17.9 Å². The Balaban J connectivity index is 3.01. The minimum atomic E-state index is -0.365. The summed E-state index contributed by atoms with van der Waals surface area (Å²) in [6.07, 6.45) is 0. The number of rotatable bonds is 4. The molecule has 0 fully saturated rings. The third-order valence-corrected chi connectivity index (χ3v) is 2.45. The minimum Gasteiger partial charge on any atom is -0.496 e. The third kappa shape index (κ3) is 2.82. The van der Waals surface area contributed by atoms with Crippen LogP contribution in [0.25, 0.3) is 0 Å². The van der Waals surface area contributed by atoms with Crippen LogP contribution in [-0.4, -0.2) is 19.5 Å². The highest BCUT2D eigenvalue weighted by Crippen LogP contribution is 2.31. The highest BCUT2D eigenvalue weighted by molar-refractivity contribution is 7.96. The summed E-state index contributed by atoms with van der Waals surface area (Å²) in [5.74, 6) is 1.49. The quantitative estimate of drug-likeness (QED) is 0.794. The highest BCUT2D eigenvalue weighted by Gasteiger charge is 2.11. The van der Waals surface area contributed by atoms with Crippen LogP contribution in [-0.2, 0) is 6.54 Å². The number of thiol groups is 1. The van der Waals surface area contributed by atoms with Gasteiger partial charge in [-0.3, -0.25) is 4.79 Å². The number of amides is 1. The van der Waals surface area contributed by atoms with E-state index in [1.807, 2.05) is 19.1 Å². The average Bonchev–Trinajstić information content (AvgIpc) is 2.26. The van der Waals surface area contributed by atoms with Crippen LogP contribution in [0.4, 0.5) is 4.79 Å². The maximum Gasteiger partial charge on any atom is 0.276 e. The van der Waals surface area contributed by atoms with Gasteiger partial charge in [-0.15, -0.1) is 0 Å². The van der Waals surface area contributed by atoms with Gasteiger partial charge in [0, 0.05) is 17.7 Å². The lowest BCUT2D eigenvalue weighted by atomic mass is 10.1. The van der Waals surface area contributed by atoms with Gasteiger partial charge in [0.05, 0.1) is 14.2 Å². The molecule has 0 aromatic heterocycles. The molecule has 1 aromatic carbocycles. The molecule has 0 aliphatic heterocycles. The van der Waals surface area contributed by atoms with Crippen molar-refractivity contribution in [2.75, 3.05) is 14.2 Å². The van der Waals surface area contributed by atoms with Crippen LogP contribution < -0.4 is 14.8 Å². The molecule has 4 nitrogen and oxygen atoms in total. The molecular formula is C11H15NO3S. The summed E-state index contributed by atoms with van der Waals surface area (Å²) >= 11 is 3.64. The Morgan fingerprint density at radius 3 is 2.56 bits per heavy atom. The molecule has 0 spiro atoms. The van der Waals surface area contributed by atoms with Crippen molar-refractivity contribution in [3.8, 4) is 11.5 Å². The first-order chi connectivity index (χ1) is 7.60. The summed E-state index contributed by atoms with van der Waals surface area (Å²) in [6, 6.07) is 3.70. The molecule has 0 aliphatic rings. The molecule has 5 heteroatoms. The van der Waals surface area contributed by atoms with Gasteiger partial charge in [-0.05, 0) is 19.1 Å². The van der Waals surface area contributed by atoms with E-state index in [0.29, 0.717) is 6.54 Å². The van der Waals surface area contributed by atoms with Crippen molar-refractivity contribution in [3.05, 3.63) is 23.3 Å². The maximum absolute atomic E-state index is 10.7. The van der Waals surface area contributed by atoms with Crippen molar-refractivity contribution < 1.29 is 14.3 Å². The lowest BCUT2D eigenvalue weighted by Gasteiger charge is -2.14. The van der Waals surface area contributed by atoms with Gasteiger partial charge >= 0.3 is 0 Å². The van der Waals surface area contributed by atoms with Gasteiger partial charge in [-0.1, -0.05) is 12.6 Å². The topological polar surface area (TPSA) is 47.6 Å². The summed E-state index contributed by atoms with van der Waals surface area (Å²) in [5.41, 5.74) is 1.80. The zero-order chi connectivity index (χ0) is 12.1. The summed E-state index contributed by atoms with van der Waals surface area (Å²) in [5, 5.41) is 2.24. The molecular weight excluding hydrogens is 226 g/mol. The van der Waals surface area contributed by atoms with E-state index in [-0.39, 0.29) is 5.24 Å². The summed E-state index contributed by atoms with van der Waals surface area (Å²) in [7, 11) is 3.20. The molecule has 1 rings (SSSR count). The molecule has 1 amide bonds. The number of carbonyl (C=O) groups is 1. The van der Waals surface area contributed by atoms with Gasteiger partial charge in [-0.25, -0.2) is 0 Å². The van der Waals surface area contributed by atoms with Gasteiger partial charge in [0.15, 0.2) is 0 Å². The Hall–Kier alpha value is -1.36. The SMILES string of the molecule is COc1ccc(CNC(=O)S)c(OC)c1C. The van der Waals surface area contributed by atoms with Crippen LogP contribution in [0, 0.1) is 6.92 Å². The lowest BCUT2D eigenvalue weighted by Crippen LogP contribution is -2.16. The Labute approximate surface area is 100 Å². The van der Waals surface area contributed by atoms with E-state index in [4.69, 9.17) is 9.47 Å². The van der Waals surface area contributed by atoms with Crippen molar-refractivity contribution in [1.29, 1.82) is 0 Å². The largest absolute Gasteiger partial charge is 0.496 e. The van der Waals surface area contributed by atoms with Gasteiger partial charge in [0.2, 0.25) is 0 Å². The number of nitrogens with one attached hydrogen (secondary N) is 1. The van der Waals surface area contributed by atoms with Gasteiger partial charge < -0.3 is 14.8 Å². The molecule has 0 saturated carbocycles. The molecule has 88 valence electrons. The van der Waals surface area contributed by atoms with E-state index in [2.05, 4.69) is 17.9 Å². The smallest absolute Gasteiger partial charge is 0.276 e. The molecule has 0 atom stereocenters. The second-order valence-electron chi connectivity index (χ2n) is 3.24. The standard InChI is InChI=1S/C11H15NO3S/c1-7-9(14-2)5-4-8(10(7)15-3)6-12-11(13)16/h4-5H,6H2,1-3H3,(H2,12,13,16). The van der Waals surface area contributed by atoms with Crippen molar-refractivity contribution in [2.24, 2.45) is 0 Å². The summed E-state index contributed by atoms with van der Waals surface area (Å²) in [4.78, 5) is 10.7. The number of benzene rings is 1. The Morgan fingerprint density at radius 2 is 2.06 bits per heavy atom. The second kappa shape index (κ2) is 5.65. The number of methoxy groups -OCH3 is 2. The molecule has 0 saturated heterocycles. The van der Waals surface area contributed by atoms with Crippen LogP contribution in [0.15, 0.2) is 12.1 Å². The predicted molar refractivity (Wildman–Crippen MR) is 65.5 cm³/mol. The molecule has 0 heterocycles. The van der Waals surface area contributed by atoms with Crippen LogP contribution in [0.3, 0.4) is 0 Å². The second-order valence-corrected chi connectivity index (χ2v) is 3.65. The number of hydrogen-bond acceptors (Lipinski definition) is 3. The Kier molecular flexibility index (Phi) is 4.49. The zero-order valence-electron chi connectivity index (χ0n) is 9.53. The summed E-state index contributed by atoms with van der Waals surface area (Å²) in [6.45, 7) is 2.29. The maximum atomic E-state index is 10.7. The first kappa shape index (κ1) is 12.7.